The molecule has 4 rings (SSSR count). The van der Waals surface area contributed by atoms with E-state index in [4.69, 9.17) is 21.1 Å². The molecule has 2 fully saturated rings. The number of hydrogen-bond acceptors (Lipinski definition) is 5. The van der Waals surface area contributed by atoms with Gasteiger partial charge in [-0.2, -0.15) is 0 Å². The van der Waals surface area contributed by atoms with Gasteiger partial charge in [0.15, 0.2) is 6.29 Å². The minimum absolute atomic E-state index is 0.0759. The van der Waals surface area contributed by atoms with Gasteiger partial charge in [0.2, 0.25) is 0 Å². The summed E-state index contributed by atoms with van der Waals surface area (Å²) >= 11 is 7.40. The molecule has 3 heterocycles. The zero-order valence-corrected chi connectivity index (χ0v) is 16.2. The van der Waals surface area contributed by atoms with E-state index in [1.54, 1.807) is 0 Å². The van der Waals surface area contributed by atoms with Crippen LogP contribution >= 0.6 is 22.9 Å². The Labute approximate surface area is 161 Å². The predicted octanol–water partition coefficient (Wildman–Crippen LogP) is 4.00. The number of amides is 1. The maximum Gasteiger partial charge on any atom is 0.265 e. The van der Waals surface area contributed by atoms with E-state index in [1.165, 1.54) is 11.3 Å². The van der Waals surface area contributed by atoms with Gasteiger partial charge in [0, 0.05) is 29.6 Å². The molecular formula is C19H21ClN2O3S. The van der Waals surface area contributed by atoms with Crippen molar-refractivity contribution in [2.75, 3.05) is 26.3 Å². The smallest absolute Gasteiger partial charge is 0.265 e. The topological polar surface area (TPSA) is 51.7 Å². The van der Waals surface area contributed by atoms with E-state index < -0.39 is 0 Å². The van der Waals surface area contributed by atoms with E-state index in [2.05, 4.69) is 4.98 Å². The molecule has 1 aromatic carbocycles. The summed E-state index contributed by atoms with van der Waals surface area (Å²) in [4.78, 5) is 20.2. The highest BCUT2D eigenvalue weighted by Crippen LogP contribution is 2.31. The number of aryl methyl sites for hydroxylation is 1. The van der Waals surface area contributed by atoms with Crippen molar-refractivity contribution in [1.29, 1.82) is 0 Å². The summed E-state index contributed by atoms with van der Waals surface area (Å²) in [7, 11) is 0. The van der Waals surface area contributed by atoms with E-state index in [1.807, 2.05) is 36.1 Å². The molecule has 0 bridgehead atoms. The van der Waals surface area contributed by atoms with E-state index >= 15 is 0 Å². The van der Waals surface area contributed by atoms with Gasteiger partial charge in [0.05, 0.1) is 18.9 Å². The number of thiazole rings is 1. The summed E-state index contributed by atoms with van der Waals surface area (Å²) in [5.74, 6) is 0.459. The summed E-state index contributed by atoms with van der Waals surface area (Å²) in [6, 6.07) is 7.55. The maximum atomic E-state index is 13.0. The number of benzene rings is 1. The quantitative estimate of drug-likeness (QED) is 0.792. The number of hydrogen-bond donors (Lipinski definition) is 0. The Bertz CT molecular complexity index is 779. The van der Waals surface area contributed by atoms with Crippen LogP contribution in [0.2, 0.25) is 5.02 Å². The lowest BCUT2D eigenvalue weighted by Gasteiger charge is -2.33. The average molecular weight is 393 g/mol. The van der Waals surface area contributed by atoms with Crippen molar-refractivity contribution in [3.05, 3.63) is 39.9 Å². The molecule has 0 aliphatic carbocycles. The first-order chi connectivity index (χ1) is 12.6. The number of likely N-dealkylation sites (tertiary alicyclic amines) is 1. The van der Waals surface area contributed by atoms with Crippen molar-refractivity contribution in [2.45, 2.75) is 26.1 Å². The Morgan fingerprint density at radius 3 is 2.50 bits per heavy atom. The lowest BCUT2D eigenvalue weighted by atomic mass is 9.96. The van der Waals surface area contributed by atoms with Crippen LogP contribution in [-0.2, 0) is 9.47 Å². The number of carbonyl (C=O) groups excluding carboxylic acids is 1. The minimum Gasteiger partial charge on any atom is -0.350 e. The largest absolute Gasteiger partial charge is 0.350 e. The Balaban J connectivity index is 1.44. The van der Waals surface area contributed by atoms with Crippen LogP contribution in [0.25, 0.3) is 10.6 Å². The van der Waals surface area contributed by atoms with Gasteiger partial charge in [-0.05, 0) is 31.9 Å². The molecule has 2 aliphatic heterocycles. The minimum atomic E-state index is -0.0890. The van der Waals surface area contributed by atoms with E-state index in [9.17, 15) is 4.79 Å². The first kappa shape index (κ1) is 17.9. The highest BCUT2D eigenvalue weighted by atomic mass is 35.5. The van der Waals surface area contributed by atoms with Crippen molar-refractivity contribution in [3.63, 3.8) is 0 Å². The summed E-state index contributed by atoms with van der Waals surface area (Å²) in [6.07, 6.45) is 1.74. The molecule has 1 amide bonds. The standard InChI is InChI=1S/C19H21ClN2O3S/c1-12-16(26-17(21-12)13-2-4-15(20)5-3-13)18(23)22-8-6-14(7-9-22)19-24-10-11-25-19/h2-5,14,19H,6-11H2,1H3. The zero-order chi connectivity index (χ0) is 18.1. The van der Waals surface area contributed by atoms with Gasteiger partial charge in [0.1, 0.15) is 9.88 Å². The molecule has 1 aromatic heterocycles. The Kier molecular flexibility index (Phi) is 5.27. The van der Waals surface area contributed by atoms with Crippen LogP contribution in [0.15, 0.2) is 24.3 Å². The van der Waals surface area contributed by atoms with Gasteiger partial charge in [0.25, 0.3) is 5.91 Å². The lowest BCUT2D eigenvalue weighted by molar-refractivity contribution is -0.0956. The van der Waals surface area contributed by atoms with Crippen LogP contribution in [0.5, 0.6) is 0 Å². The molecule has 0 spiro atoms. The SMILES string of the molecule is Cc1nc(-c2ccc(Cl)cc2)sc1C(=O)N1CCC(C2OCCO2)CC1. The van der Waals surface area contributed by atoms with Gasteiger partial charge < -0.3 is 14.4 Å². The van der Waals surface area contributed by atoms with Crippen molar-refractivity contribution in [2.24, 2.45) is 5.92 Å². The normalized spacial score (nSPS) is 19.2. The number of rotatable bonds is 3. The van der Waals surface area contributed by atoms with Crippen molar-refractivity contribution in [3.8, 4) is 10.6 Å². The second-order valence-electron chi connectivity index (χ2n) is 6.68. The first-order valence-corrected chi connectivity index (χ1v) is 10.1. The fourth-order valence-corrected chi connectivity index (χ4v) is 4.64. The molecule has 7 heteroatoms. The van der Waals surface area contributed by atoms with Crippen LogP contribution in [0.1, 0.15) is 28.2 Å². The molecule has 0 unspecified atom stereocenters. The van der Waals surface area contributed by atoms with Gasteiger partial charge in [-0.3, -0.25) is 4.79 Å². The first-order valence-electron chi connectivity index (χ1n) is 8.87. The number of piperidine rings is 1. The number of halogens is 1. The second kappa shape index (κ2) is 7.64. The summed E-state index contributed by atoms with van der Waals surface area (Å²) < 4.78 is 11.2. The van der Waals surface area contributed by atoms with Crippen molar-refractivity contribution >= 4 is 28.8 Å². The summed E-state index contributed by atoms with van der Waals surface area (Å²) in [5, 5.41) is 1.54. The van der Waals surface area contributed by atoms with Crippen molar-refractivity contribution in [1.82, 2.24) is 9.88 Å². The van der Waals surface area contributed by atoms with Gasteiger partial charge in [-0.1, -0.05) is 23.7 Å². The highest BCUT2D eigenvalue weighted by Gasteiger charge is 2.33. The van der Waals surface area contributed by atoms with E-state index in [-0.39, 0.29) is 12.2 Å². The van der Waals surface area contributed by atoms with Crippen LogP contribution in [0.4, 0.5) is 0 Å². The average Bonchev–Trinajstić information content (AvgIpc) is 3.32. The second-order valence-corrected chi connectivity index (χ2v) is 8.12. The number of carbonyl (C=O) groups is 1. The third-order valence-corrected chi connectivity index (χ3v) is 6.39. The van der Waals surface area contributed by atoms with Crippen LogP contribution in [0.3, 0.4) is 0 Å². The molecule has 2 aromatic rings. The van der Waals surface area contributed by atoms with Gasteiger partial charge >= 0.3 is 0 Å². The molecule has 138 valence electrons. The molecule has 0 N–H and O–H groups in total. The maximum absolute atomic E-state index is 13.0. The van der Waals surface area contributed by atoms with E-state index in [0.29, 0.717) is 24.2 Å². The molecule has 2 saturated heterocycles. The molecule has 26 heavy (non-hydrogen) atoms. The van der Waals surface area contributed by atoms with Gasteiger partial charge in [-0.15, -0.1) is 11.3 Å². The molecule has 0 saturated carbocycles. The Morgan fingerprint density at radius 2 is 1.85 bits per heavy atom. The molecular weight excluding hydrogens is 372 g/mol. The molecule has 2 aliphatic rings. The molecule has 0 atom stereocenters. The van der Waals surface area contributed by atoms with Crippen molar-refractivity contribution < 1.29 is 14.3 Å². The fraction of sp³-hybridized carbons (Fsp3) is 0.474. The third kappa shape index (κ3) is 3.64. The van der Waals surface area contributed by atoms with Crippen LogP contribution < -0.4 is 0 Å². The molecule has 0 radical (unpaired) electrons. The van der Waals surface area contributed by atoms with E-state index in [0.717, 1.165) is 47.1 Å². The number of aromatic nitrogens is 1. The third-order valence-electron chi connectivity index (χ3n) is 4.94. The van der Waals surface area contributed by atoms with Crippen LogP contribution in [-0.4, -0.2) is 48.4 Å². The van der Waals surface area contributed by atoms with Crippen LogP contribution in [0, 0.1) is 12.8 Å². The monoisotopic (exact) mass is 392 g/mol. The summed E-state index contributed by atoms with van der Waals surface area (Å²) in [6.45, 7) is 4.73. The zero-order valence-electron chi connectivity index (χ0n) is 14.6. The number of ether oxygens (including phenoxy) is 2. The highest BCUT2D eigenvalue weighted by molar-refractivity contribution is 7.17. The predicted molar refractivity (Wildman–Crippen MR) is 102 cm³/mol. The van der Waals surface area contributed by atoms with Gasteiger partial charge in [-0.25, -0.2) is 4.98 Å². The lowest BCUT2D eigenvalue weighted by Crippen LogP contribution is -2.41. The molecule has 5 nitrogen and oxygen atoms in total. The summed E-state index contributed by atoms with van der Waals surface area (Å²) in [5.41, 5.74) is 1.77. The number of nitrogens with zero attached hydrogens (tertiary/aromatic N) is 2. The Hall–Kier alpha value is -1.47. The fourth-order valence-electron chi connectivity index (χ4n) is 3.48. The Morgan fingerprint density at radius 1 is 1.19 bits per heavy atom.